The lowest BCUT2D eigenvalue weighted by Gasteiger charge is -2.00. The molecule has 0 spiro atoms. The summed E-state index contributed by atoms with van der Waals surface area (Å²) in [4.78, 5) is 25.8. The summed E-state index contributed by atoms with van der Waals surface area (Å²) in [6.45, 7) is 2.99. The molecule has 104 valence electrons. The number of ketones is 2. The molecule has 0 radical (unpaired) electrons. The Hall–Kier alpha value is -2.84. The van der Waals surface area contributed by atoms with E-state index in [1.807, 2.05) is 0 Å². The zero-order chi connectivity index (χ0) is 15.4. The van der Waals surface area contributed by atoms with Crippen LogP contribution in [0.2, 0.25) is 0 Å². The molecule has 0 bridgehead atoms. The van der Waals surface area contributed by atoms with Gasteiger partial charge in [0.1, 0.15) is 0 Å². The second-order valence-electron chi connectivity index (χ2n) is 4.72. The van der Waals surface area contributed by atoms with Crippen molar-refractivity contribution in [3.8, 4) is 0 Å². The minimum absolute atomic E-state index is 0.0187. The summed E-state index contributed by atoms with van der Waals surface area (Å²) >= 11 is 0. The molecular weight excluding hydrogens is 264 g/mol. The fourth-order valence-corrected chi connectivity index (χ4v) is 2.01. The third kappa shape index (κ3) is 3.19. The minimum Gasteiger partial charge on any atom is -0.361 e. The van der Waals surface area contributed by atoms with Gasteiger partial charge < -0.3 is 5.53 Å². The Balaban J connectivity index is 2.38. The van der Waals surface area contributed by atoms with Gasteiger partial charge in [0.05, 0.1) is 11.1 Å². The molecule has 0 N–H and O–H groups in total. The van der Waals surface area contributed by atoms with Gasteiger partial charge in [-0.2, -0.15) is 4.79 Å². The van der Waals surface area contributed by atoms with E-state index in [9.17, 15) is 15.1 Å². The van der Waals surface area contributed by atoms with E-state index < -0.39 is 0 Å². The number of hydrogen-bond acceptors (Lipinski definition) is 2. The summed E-state index contributed by atoms with van der Waals surface area (Å²) in [6, 6.07) is 13.7. The van der Waals surface area contributed by atoms with Gasteiger partial charge in [0.2, 0.25) is 0 Å². The maximum atomic E-state index is 11.3. The summed E-state index contributed by atoms with van der Waals surface area (Å²) in [6.07, 6.45) is 0. The van der Waals surface area contributed by atoms with Crippen LogP contribution in [0.3, 0.4) is 0 Å². The molecule has 2 rings (SSSR count). The van der Waals surface area contributed by atoms with E-state index in [0.717, 1.165) is 0 Å². The lowest BCUT2D eigenvalue weighted by molar-refractivity contribution is -0.00280. The van der Waals surface area contributed by atoms with Gasteiger partial charge in [0.15, 0.2) is 11.6 Å². The predicted octanol–water partition coefficient (Wildman–Crippen LogP) is 3.16. The van der Waals surface area contributed by atoms with E-state index in [1.165, 1.54) is 13.8 Å². The van der Waals surface area contributed by atoms with Crippen LogP contribution >= 0.6 is 0 Å². The minimum atomic E-state index is -0.0187. The van der Waals surface area contributed by atoms with Gasteiger partial charge in [-0.25, -0.2) is 0 Å². The number of carbonyl (C=O) groups is 2. The molecule has 0 saturated heterocycles. The summed E-state index contributed by atoms with van der Waals surface area (Å²) in [5.74, 6) is -0.0373. The maximum Gasteiger partial charge on any atom is 0.329 e. The summed E-state index contributed by atoms with van der Waals surface area (Å²) in [5, 5.41) is 0. The van der Waals surface area contributed by atoms with Crippen molar-refractivity contribution in [3.63, 3.8) is 0 Å². The third-order valence-electron chi connectivity index (χ3n) is 3.23. The first-order valence-corrected chi connectivity index (χ1v) is 6.47. The second-order valence-corrected chi connectivity index (χ2v) is 4.72. The van der Waals surface area contributed by atoms with Crippen molar-refractivity contribution in [1.82, 2.24) is 0 Å². The highest BCUT2D eigenvalue weighted by Crippen LogP contribution is 2.13. The number of rotatable bonds is 4. The highest BCUT2D eigenvalue weighted by Gasteiger charge is 2.15. The van der Waals surface area contributed by atoms with Gasteiger partial charge in [-0.1, -0.05) is 24.3 Å². The van der Waals surface area contributed by atoms with Crippen LogP contribution in [0, 0.1) is 0 Å². The van der Waals surface area contributed by atoms with Crippen molar-refractivity contribution in [1.29, 1.82) is 0 Å². The van der Waals surface area contributed by atoms with Gasteiger partial charge in [0, 0.05) is 11.1 Å². The molecule has 0 fully saturated rings. The molecule has 0 heterocycles. The SMILES string of the molecule is CC(=O)c1ccc(C(=[N+]=[N-])c2ccc(C(C)=O)cc2)cc1. The average molecular weight is 278 g/mol. The summed E-state index contributed by atoms with van der Waals surface area (Å²) < 4.78 is 0. The second kappa shape index (κ2) is 6.07. The molecule has 0 aliphatic carbocycles. The molecule has 4 heteroatoms. The van der Waals surface area contributed by atoms with Crippen LogP contribution in [0.4, 0.5) is 0 Å². The van der Waals surface area contributed by atoms with E-state index >= 15 is 0 Å². The maximum absolute atomic E-state index is 11.3. The standard InChI is InChI=1S/C17H14N2O2/c1-11(20)13-3-7-15(8-4-13)17(19-18)16-9-5-14(6-10-16)12(2)21/h3-10H,1-2H3. The highest BCUT2D eigenvalue weighted by molar-refractivity contribution is 6.10. The Bertz CT molecular complexity index is 678. The number of carbonyl (C=O) groups excluding carboxylic acids is 2. The van der Waals surface area contributed by atoms with Crippen molar-refractivity contribution in [2.75, 3.05) is 0 Å². The van der Waals surface area contributed by atoms with Crippen molar-refractivity contribution < 1.29 is 14.4 Å². The number of hydrogen-bond donors (Lipinski definition) is 0. The molecule has 0 saturated carbocycles. The molecule has 4 nitrogen and oxygen atoms in total. The smallest absolute Gasteiger partial charge is 0.329 e. The molecular formula is C17H14N2O2. The molecule has 0 amide bonds. The zero-order valence-corrected chi connectivity index (χ0v) is 11.8. The van der Waals surface area contributed by atoms with Gasteiger partial charge >= 0.3 is 5.71 Å². The van der Waals surface area contributed by atoms with Crippen LogP contribution in [0.5, 0.6) is 0 Å². The van der Waals surface area contributed by atoms with Gasteiger partial charge in [-0.3, -0.25) is 9.59 Å². The fraction of sp³-hybridized carbons (Fsp3) is 0.118. The largest absolute Gasteiger partial charge is 0.361 e. The predicted molar refractivity (Wildman–Crippen MR) is 79.7 cm³/mol. The molecule has 0 unspecified atom stereocenters. The van der Waals surface area contributed by atoms with Gasteiger partial charge in [0.25, 0.3) is 0 Å². The molecule has 2 aromatic carbocycles. The Labute approximate surface area is 122 Å². The van der Waals surface area contributed by atoms with Crippen LogP contribution in [-0.4, -0.2) is 22.1 Å². The normalized spacial score (nSPS) is 9.81. The lowest BCUT2D eigenvalue weighted by atomic mass is 9.99. The molecule has 0 aliphatic heterocycles. The van der Waals surface area contributed by atoms with Crippen molar-refractivity contribution >= 4 is 17.3 Å². The lowest BCUT2D eigenvalue weighted by Crippen LogP contribution is -2.06. The van der Waals surface area contributed by atoms with E-state index in [2.05, 4.69) is 4.79 Å². The molecule has 0 atom stereocenters. The number of nitrogens with zero attached hydrogens (tertiary/aromatic N) is 2. The quantitative estimate of drug-likeness (QED) is 0.373. The first kappa shape index (κ1) is 14.6. The first-order valence-electron chi connectivity index (χ1n) is 6.47. The van der Waals surface area contributed by atoms with Crippen LogP contribution in [-0.2, 0) is 0 Å². The van der Waals surface area contributed by atoms with Crippen LogP contribution in [0.25, 0.3) is 5.53 Å². The molecule has 0 aromatic heterocycles. The van der Waals surface area contributed by atoms with Crippen LogP contribution in [0.1, 0.15) is 45.7 Å². The zero-order valence-electron chi connectivity index (χ0n) is 11.8. The first-order chi connectivity index (χ1) is 10.0. The Morgan fingerprint density at radius 2 is 1.00 bits per heavy atom. The van der Waals surface area contributed by atoms with Crippen LogP contribution < -0.4 is 0 Å². The van der Waals surface area contributed by atoms with E-state index in [1.54, 1.807) is 48.5 Å². The topological polar surface area (TPSA) is 70.5 Å². The summed E-state index contributed by atoms with van der Waals surface area (Å²) in [7, 11) is 0. The number of benzene rings is 2. The van der Waals surface area contributed by atoms with E-state index in [-0.39, 0.29) is 11.6 Å². The Kier molecular flexibility index (Phi) is 4.21. The molecule has 21 heavy (non-hydrogen) atoms. The Morgan fingerprint density at radius 1 is 0.714 bits per heavy atom. The van der Waals surface area contributed by atoms with Crippen LogP contribution in [0.15, 0.2) is 48.5 Å². The third-order valence-corrected chi connectivity index (χ3v) is 3.23. The summed E-state index contributed by atoms with van der Waals surface area (Å²) in [5.41, 5.74) is 12.2. The average Bonchev–Trinajstić information content (AvgIpc) is 2.49. The fourth-order valence-electron chi connectivity index (χ4n) is 2.01. The monoisotopic (exact) mass is 278 g/mol. The van der Waals surface area contributed by atoms with Crippen molar-refractivity contribution in [2.45, 2.75) is 13.8 Å². The van der Waals surface area contributed by atoms with Crippen molar-refractivity contribution in [2.24, 2.45) is 0 Å². The number of Topliss-reactive ketones (excluding diaryl/α,β-unsaturated/α-hetero) is 2. The Morgan fingerprint density at radius 3 is 1.24 bits per heavy atom. The highest BCUT2D eigenvalue weighted by atomic mass is 16.1. The van der Waals surface area contributed by atoms with Gasteiger partial charge in [-0.15, -0.1) is 0 Å². The molecule has 0 aliphatic rings. The van der Waals surface area contributed by atoms with Gasteiger partial charge in [-0.05, 0) is 38.1 Å². The molecule has 2 aromatic rings. The van der Waals surface area contributed by atoms with E-state index in [4.69, 9.17) is 0 Å². The van der Waals surface area contributed by atoms with E-state index in [0.29, 0.717) is 28.0 Å². The van der Waals surface area contributed by atoms with Crippen molar-refractivity contribution in [3.05, 3.63) is 76.3 Å².